The summed E-state index contributed by atoms with van der Waals surface area (Å²) >= 11 is 0. The number of benzene rings is 2. The van der Waals surface area contributed by atoms with E-state index in [2.05, 4.69) is 0 Å². The summed E-state index contributed by atoms with van der Waals surface area (Å²) in [5.41, 5.74) is 2.98. The minimum absolute atomic E-state index is 0.0407. The first-order valence-electron chi connectivity index (χ1n) is 8.42. The highest BCUT2D eigenvalue weighted by Crippen LogP contribution is 2.40. The molecule has 1 aliphatic rings. The molecule has 1 unspecified atom stereocenters. The van der Waals surface area contributed by atoms with E-state index in [1.165, 1.54) is 0 Å². The molecule has 0 amide bonds. The van der Waals surface area contributed by atoms with Crippen molar-refractivity contribution < 1.29 is 22.7 Å². The molecule has 2 atom stereocenters. The van der Waals surface area contributed by atoms with Crippen LogP contribution in [0.4, 0.5) is 13.2 Å². The molecule has 1 aliphatic carbocycles. The topological polar surface area (TPSA) is 26.3 Å². The molecule has 3 rings (SSSR count). The molecule has 5 heteroatoms. The van der Waals surface area contributed by atoms with E-state index in [9.17, 15) is 18.0 Å². The third kappa shape index (κ3) is 3.98. The molecular formula is C21H19F3O2. The highest BCUT2D eigenvalue weighted by atomic mass is 19.4. The van der Waals surface area contributed by atoms with Crippen LogP contribution in [0, 0.1) is 11.8 Å². The highest BCUT2D eigenvalue weighted by Gasteiger charge is 2.47. The number of rotatable bonds is 5. The van der Waals surface area contributed by atoms with Crippen LogP contribution in [0.5, 0.6) is 0 Å². The number of hydrogen-bond donors (Lipinski definition) is 0. The van der Waals surface area contributed by atoms with Crippen molar-refractivity contribution in [3.8, 4) is 0 Å². The Morgan fingerprint density at radius 1 is 1.08 bits per heavy atom. The summed E-state index contributed by atoms with van der Waals surface area (Å²) in [7, 11) is 0. The molecule has 0 radical (unpaired) electrons. The van der Waals surface area contributed by atoms with Crippen molar-refractivity contribution in [2.45, 2.75) is 26.1 Å². The van der Waals surface area contributed by atoms with Crippen molar-refractivity contribution in [1.82, 2.24) is 0 Å². The van der Waals surface area contributed by atoms with Crippen molar-refractivity contribution in [3.63, 3.8) is 0 Å². The molecule has 0 spiro atoms. The molecule has 2 aromatic rings. The van der Waals surface area contributed by atoms with E-state index >= 15 is 0 Å². The first-order valence-corrected chi connectivity index (χ1v) is 8.42. The second-order valence-electron chi connectivity index (χ2n) is 6.50. The number of alkyl halides is 3. The normalized spacial score (nSPS) is 15.8. The zero-order valence-corrected chi connectivity index (χ0v) is 14.3. The van der Waals surface area contributed by atoms with Gasteiger partial charge in [0.05, 0.1) is 11.8 Å². The molecule has 0 aliphatic heterocycles. The molecule has 0 heterocycles. The maximum atomic E-state index is 13.4. The van der Waals surface area contributed by atoms with Gasteiger partial charge in [-0.25, -0.2) is 0 Å². The number of carbonyl (C=O) groups is 1. The summed E-state index contributed by atoms with van der Waals surface area (Å²) in [5.74, 6) is -3.99. The van der Waals surface area contributed by atoms with Crippen molar-refractivity contribution in [2.75, 3.05) is 0 Å². The van der Waals surface area contributed by atoms with Gasteiger partial charge in [0.2, 0.25) is 0 Å². The summed E-state index contributed by atoms with van der Waals surface area (Å²) in [4.78, 5) is 12.6. The second kappa shape index (κ2) is 7.36. The fourth-order valence-electron chi connectivity index (χ4n) is 3.19. The molecule has 0 saturated heterocycles. The van der Waals surface area contributed by atoms with E-state index in [1.807, 2.05) is 30.3 Å². The lowest BCUT2D eigenvalue weighted by Gasteiger charge is -2.25. The Hall–Kier alpha value is -2.56. The molecular weight excluding hydrogens is 341 g/mol. The Bertz CT molecular complexity index is 810. The van der Waals surface area contributed by atoms with Crippen LogP contribution >= 0.6 is 0 Å². The fourth-order valence-corrected chi connectivity index (χ4v) is 3.19. The van der Waals surface area contributed by atoms with Gasteiger partial charge in [0.15, 0.2) is 0 Å². The number of ether oxygens (including phenoxy) is 1. The van der Waals surface area contributed by atoms with E-state index in [-0.39, 0.29) is 6.61 Å². The van der Waals surface area contributed by atoms with E-state index in [0.29, 0.717) is 12.0 Å². The lowest BCUT2D eigenvalue weighted by molar-refractivity contribution is -0.191. The van der Waals surface area contributed by atoms with E-state index in [0.717, 1.165) is 23.6 Å². The van der Waals surface area contributed by atoms with Crippen molar-refractivity contribution in [1.29, 1.82) is 0 Å². The van der Waals surface area contributed by atoms with E-state index in [4.69, 9.17) is 4.74 Å². The van der Waals surface area contributed by atoms with Crippen LogP contribution in [0.15, 0.2) is 60.2 Å². The molecule has 2 nitrogen and oxygen atoms in total. The molecule has 0 fully saturated rings. The van der Waals surface area contributed by atoms with Gasteiger partial charge < -0.3 is 4.74 Å². The van der Waals surface area contributed by atoms with Gasteiger partial charge in [-0.1, -0.05) is 73.2 Å². The number of hydrogen-bond acceptors (Lipinski definition) is 2. The number of halogens is 3. The van der Waals surface area contributed by atoms with Crippen molar-refractivity contribution in [2.24, 2.45) is 11.8 Å². The largest absolute Gasteiger partial charge is 0.460 e. The van der Waals surface area contributed by atoms with Crippen molar-refractivity contribution in [3.05, 3.63) is 76.9 Å². The van der Waals surface area contributed by atoms with Gasteiger partial charge in [-0.05, 0) is 23.1 Å². The Labute approximate surface area is 150 Å². The third-order valence-electron chi connectivity index (χ3n) is 4.68. The quantitative estimate of drug-likeness (QED) is 0.687. The molecule has 0 aromatic heterocycles. The average molecular weight is 360 g/mol. The minimum Gasteiger partial charge on any atom is -0.460 e. The summed E-state index contributed by atoms with van der Waals surface area (Å²) in [6, 6.07) is 16.3. The van der Waals surface area contributed by atoms with Crippen LogP contribution in [0.3, 0.4) is 0 Å². The summed E-state index contributed by atoms with van der Waals surface area (Å²) in [6.07, 6.45) is -2.46. The third-order valence-corrected chi connectivity index (χ3v) is 4.68. The number of esters is 1. The zero-order valence-electron chi connectivity index (χ0n) is 14.3. The Balaban J connectivity index is 1.81. The van der Waals surface area contributed by atoms with Gasteiger partial charge in [-0.3, -0.25) is 4.79 Å². The molecule has 2 aromatic carbocycles. The Morgan fingerprint density at radius 2 is 1.73 bits per heavy atom. The first kappa shape index (κ1) is 18.2. The molecule has 136 valence electrons. The van der Waals surface area contributed by atoms with Crippen LogP contribution in [-0.4, -0.2) is 12.1 Å². The standard InChI is InChI=1S/C21H19F3O2/c1-14(21(22,23)24)19(18-11-16-9-5-6-10-17(16)12-18)20(25)26-13-15-7-3-2-4-8-15/h2-11,14,19H,12-13H2,1H3/t14-,19?/m1/s1. The van der Waals surface area contributed by atoms with Gasteiger partial charge in [0, 0.05) is 0 Å². The number of fused-ring (bicyclic) bond motifs is 1. The maximum Gasteiger partial charge on any atom is 0.392 e. The molecule has 0 bridgehead atoms. The van der Waals surface area contributed by atoms with Gasteiger partial charge in [0.25, 0.3) is 0 Å². The number of carbonyl (C=O) groups excluding carboxylic acids is 1. The van der Waals surface area contributed by atoms with Gasteiger partial charge in [-0.15, -0.1) is 0 Å². The SMILES string of the molecule is C[C@H](C(C(=O)OCc1ccccc1)C1=Cc2ccccc2C1)C(F)(F)F. The lowest BCUT2D eigenvalue weighted by atomic mass is 9.85. The monoisotopic (exact) mass is 360 g/mol. The van der Waals surface area contributed by atoms with Gasteiger partial charge >= 0.3 is 12.1 Å². The van der Waals surface area contributed by atoms with Crippen LogP contribution in [0.2, 0.25) is 0 Å². The molecule has 0 N–H and O–H groups in total. The zero-order chi connectivity index (χ0) is 18.7. The predicted octanol–water partition coefficient (Wildman–Crippen LogP) is 5.18. The predicted molar refractivity (Wildman–Crippen MR) is 93.1 cm³/mol. The minimum atomic E-state index is -4.48. The van der Waals surface area contributed by atoms with Crippen LogP contribution in [-0.2, 0) is 22.6 Å². The summed E-state index contributed by atoms with van der Waals surface area (Å²) < 4.78 is 45.3. The molecule has 0 saturated carbocycles. The average Bonchev–Trinajstić information content (AvgIpc) is 3.03. The lowest BCUT2D eigenvalue weighted by Crippen LogP contribution is -2.35. The summed E-state index contributed by atoms with van der Waals surface area (Å²) in [5, 5.41) is 0. The van der Waals surface area contributed by atoms with Crippen LogP contribution < -0.4 is 0 Å². The maximum absolute atomic E-state index is 13.4. The Morgan fingerprint density at radius 3 is 2.38 bits per heavy atom. The smallest absolute Gasteiger partial charge is 0.392 e. The fraction of sp³-hybridized carbons (Fsp3) is 0.286. The van der Waals surface area contributed by atoms with Crippen LogP contribution in [0.25, 0.3) is 6.08 Å². The summed E-state index contributed by atoms with van der Waals surface area (Å²) in [6.45, 7) is 0.999. The van der Waals surface area contributed by atoms with E-state index < -0.39 is 24.0 Å². The Kier molecular flexibility index (Phi) is 5.16. The van der Waals surface area contributed by atoms with Crippen molar-refractivity contribution >= 4 is 12.0 Å². The van der Waals surface area contributed by atoms with Gasteiger partial charge in [-0.2, -0.15) is 13.2 Å². The first-order chi connectivity index (χ1) is 12.4. The molecule has 26 heavy (non-hydrogen) atoms. The van der Waals surface area contributed by atoms with E-state index in [1.54, 1.807) is 30.3 Å². The second-order valence-corrected chi connectivity index (χ2v) is 6.50. The van der Waals surface area contributed by atoms with Gasteiger partial charge in [0.1, 0.15) is 6.61 Å². The van der Waals surface area contributed by atoms with Crippen LogP contribution in [0.1, 0.15) is 23.6 Å². The highest BCUT2D eigenvalue weighted by molar-refractivity contribution is 5.80.